The molecule has 0 aliphatic carbocycles. The Balaban J connectivity index is 2.05. The number of fused-ring (bicyclic) bond motifs is 3. The average molecular weight is 204 g/mol. The molecule has 0 amide bonds. The fourth-order valence-electron chi connectivity index (χ4n) is 2.35. The number of rotatable bonds is 1. The molecule has 2 heterocycles. The van der Waals surface area contributed by atoms with E-state index in [1.165, 1.54) is 11.1 Å². The molecule has 0 radical (unpaired) electrons. The summed E-state index contributed by atoms with van der Waals surface area (Å²) in [5.74, 6) is 0.996. The van der Waals surface area contributed by atoms with E-state index >= 15 is 0 Å². The van der Waals surface area contributed by atoms with Crippen LogP contribution in [-0.4, -0.2) is 11.7 Å². The Morgan fingerprint density at radius 2 is 2.13 bits per heavy atom. The van der Waals surface area contributed by atoms with Crippen LogP contribution in [0.2, 0.25) is 0 Å². The van der Waals surface area contributed by atoms with Crippen LogP contribution >= 0.6 is 0 Å². The molecule has 0 bridgehead atoms. The maximum atomic E-state index is 5.95. The molecule has 2 aliphatic heterocycles. The summed E-state index contributed by atoms with van der Waals surface area (Å²) in [5.41, 5.74) is 2.41. The average Bonchev–Trinajstić information content (AvgIpc) is 2.97. The molecule has 1 fully saturated rings. The predicted octanol–water partition coefficient (Wildman–Crippen LogP) is 2.86. The van der Waals surface area contributed by atoms with Crippen LogP contribution in [0.15, 0.2) is 18.2 Å². The lowest BCUT2D eigenvalue weighted by Gasteiger charge is -2.29. The van der Waals surface area contributed by atoms with E-state index in [0.717, 1.165) is 12.2 Å². The van der Waals surface area contributed by atoms with Gasteiger partial charge in [0.2, 0.25) is 0 Å². The highest BCUT2D eigenvalue weighted by molar-refractivity contribution is 5.44. The van der Waals surface area contributed by atoms with Gasteiger partial charge in [-0.25, -0.2) is 0 Å². The van der Waals surface area contributed by atoms with Crippen molar-refractivity contribution in [3.63, 3.8) is 0 Å². The molecule has 3 rings (SSSR count). The van der Waals surface area contributed by atoms with Gasteiger partial charge in [-0.3, -0.25) is 0 Å². The summed E-state index contributed by atoms with van der Waals surface area (Å²) in [6.45, 7) is 6.35. The van der Waals surface area contributed by atoms with Gasteiger partial charge in [0.1, 0.15) is 23.6 Å². The zero-order valence-corrected chi connectivity index (χ0v) is 9.41. The third-order valence-corrected chi connectivity index (χ3v) is 3.34. The Bertz CT molecular complexity index is 409. The molecule has 2 aliphatic rings. The van der Waals surface area contributed by atoms with Gasteiger partial charge in [0.25, 0.3) is 0 Å². The third-order valence-electron chi connectivity index (χ3n) is 3.34. The predicted molar refractivity (Wildman–Crippen MR) is 58.1 cm³/mol. The Morgan fingerprint density at radius 3 is 2.87 bits per heavy atom. The lowest BCUT2D eigenvalue weighted by Crippen LogP contribution is -2.37. The zero-order valence-electron chi connectivity index (χ0n) is 9.41. The molecule has 0 saturated carbocycles. The van der Waals surface area contributed by atoms with Crippen LogP contribution in [0.1, 0.15) is 38.0 Å². The number of epoxide rings is 1. The van der Waals surface area contributed by atoms with Crippen molar-refractivity contribution >= 4 is 0 Å². The van der Waals surface area contributed by atoms with Gasteiger partial charge in [0, 0.05) is 5.56 Å². The van der Waals surface area contributed by atoms with Crippen molar-refractivity contribution in [2.45, 2.75) is 45.0 Å². The van der Waals surface area contributed by atoms with Crippen LogP contribution in [-0.2, 0) is 11.2 Å². The van der Waals surface area contributed by atoms with Gasteiger partial charge >= 0.3 is 0 Å². The molecule has 1 saturated heterocycles. The fourth-order valence-corrected chi connectivity index (χ4v) is 2.35. The molecule has 1 aromatic rings. The lowest BCUT2D eigenvalue weighted by atomic mass is 9.93. The Hall–Kier alpha value is -1.02. The molecule has 15 heavy (non-hydrogen) atoms. The molecule has 80 valence electrons. The van der Waals surface area contributed by atoms with Crippen LogP contribution in [0.4, 0.5) is 0 Å². The van der Waals surface area contributed by atoms with E-state index in [2.05, 4.69) is 39.0 Å². The maximum Gasteiger partial charge on any atom is 0.132 e. The van der Waals surface area contributed by atoms with Gasteiger partial charge in [-0.1, -0.05) is 13.0 Å². The largest absolute Gasteiger partial charge is 0.485 e. The van der Waals surface area contributed by atoms with E-state index in [0.29, 0.717) is 0 Å². The molecule has 2 atom stereocenters. The van der Waals surface area contributed by atoms with Crippen molar-refractivity contribution in [1.82, 2.24) is 0 Å². The minimum atomic E-state index is -0.175. The van der Waals surface area contributed by atoms with Crippen LogP contribution in [0, 0.1) is 0 Å². The Kier molecular flexibility index (Phi) is 1.70. The number of aryl methyl sites for hydroxylation is 1. The summed E-state index contributed by atoms with van der Waals surface area (Å²) >= 11 is 0. The molecule has 2 nitrogen and oxygen atoms in total. The minimum absolute atomic E-state index is 0.175. The summed E-state index contributed by atoms with van der Waals surface area (Å²) < 4.78 is 11.6. The maximum absolute atomic E-state index is 5.95. The van der Waals surface area contributed by atoms with E-state index < -0.39 is 0 Å². The first-order valence-electron chi connectivity index (χ1n) is 5.59. The summed E-state index contributed by atoms with van der Waals surface area (Å²) in [7, 11) is 0. The fraction of sp³-hybridized carbons (Fsp3) is 0.538. The van der Waals surface area contributed by atoms with Crippen LogP contribution in [0.5, 0.6) is 5.75 Å². The smallest absolute Gasteiger partial charge is 0.132 e. The number of hydrogen-bond acceptors (Lipinski definition) is 2. The highest BCUT2D eigenvalue weighted by Gasteiger charge is 2.56. The lowest BCUT2D eigenvalue weighted by molar-refractivity contribution is 0.0725. The van der Waals surface area contributed by atoms with E-state index in [9.17, 15) is 0 Å². The van der Waals surface area contributed by atoms with Crippen molar-refractivity contribution < 1.29 is 9.47 Å². The molecular formula is C13H16O2. The molecule has 0 N–H and O–H groups in total. The van der Waals surface area contributed by atoms with Crippen molar-refractivity contribution in [1.29, 1.82) is 0 Å². The van der Waals surface area contributed by atoms with Gasteiger partial charge in [0.15, 0.2) is 0 Å². The SMILES string of the molecule is CCc1ccc2c(c1)C1OC1C(C)(C)O2. The molecule has 2 unspecified atom stereocenters. The number of benzene rings is 1. The van der Waals surface area contributed by atoms with Gasteiger partial charge < -0.3 is 9.47 Å². The quantitative estimate of drug-likeness (QED) is 0.656. The third kappa shape index (κ3) is 1.28. The van der Waals surface area contributed by atoms with Gasteiger partial charge in [-0.05, 0) is 38.0 Å². The Morgan fingerprint density at radius 1 is 1.33 bits per heavy atom. The number of ether oxygens (including phenoxy) is 2. The number of hydrogen-bond donors (Lipinski definition) is 0. The molecule has 2 heteroatoms. The normalized spacial score (nSPS) is 30.1. The van der Waals surface area contributed by atoms with Gasteiger partial charge in [0.05, 0.1) is 0 Å². The first-order chi connectivity index (χ1) is 7.12. The van der Waals surface area contributed by atoms with Crippen LogP contribution in [0.3, 0.4) is 0 Å². The standard InChI is InChI=1S/C13H16O2/c1-4-8-5-6-10-9(7-8)11-12(14-11)13(2,3)15-10/h5-7,11-12H,4H2,1-3H3. The highest BCUT2D eigenvalue weighted by Crippen LogP contribution is 2.53. The monoisotopic (exact) mass is 204 g/mol. The van der Waals surface area contributed by atoms with E-state index in [-0.39, 0.29) is 17.8 Å². The Labute approximate surface area is 90.2 Å². The molecule has 0 aromatic heterocycles. The van der Waals surface area contributed by atoms with Crippen LogP contribution in [0.25, 0.3) is 0 Å². The first-order valence-corrected chi connectivity index (χ1v) is 5.59. The second-order valence-electron chi connectivity index (χ2n) is 4.91. The summed E-state index contributed by atoms with van der Waals surface area (Å²) in [6, 6.07) is 6.43. The van der Waals surface area contributed by atoms with Gasteiger partial charge in [-0.2, -0.15) is 0 Å². The molecular weight excluding hydrogens is 188 g/mol. The van der Waals surface area contributed by atoms with Crippen LogP contribution < -0.4 is 4.74 Å². The zero-order chi connectivity index (χ0) is 10.6. The molecule has 1 aromatic carbocycles. The van der Waals surface area contributed by atoms with E-state index in [4.69, 9.17) is 9.47 Å². The highest BCUT2D eigenvalue weighted by atomic mass is 16.6. The van der Waals surface area contributed by atoms with Crippen molar-refractivity contribution in [2.24, 2.45) is 0 Å². The first kappa shape index (κ1) is 9.22. The second-order valence-corrected chi connectivity index (χ2v) is 4.91. The van der Waals surface area contributed by atoms with E-state index in [1.54, 1.807) is 0 Å². The van der Waals surface area contributed by atoms with Crippen molar-refractivity contribution in [3.05, 3.63) is 29.3 Å². The van der Waals surface area contributed by atoms with Crippen molar-refractivity contribution in [3.8, 4) is 5.75 Å². The van der Waals surface area contributed by atoms with Gasteiger partial charge in [-0.15, -0.1) is 0 Å². The second kappa shape index (κ2) is 2.76. The summed E-state index contributed by atoms with van der Waals surface area (Å²) in [5, 5.41) is 0. The topological polar surface area (TPSA) is 21.8 Å². The van der Waals surface area contributed by atoms with Crippen molar-refractivity contribution in [2.75, 3.05) is 0 Å². The minimum Gasteiger partial charge on any atom is -0.485 e. The summed E-state index contributed by atoms with van der Waals surface area (Å²) in [6.07, 6.45) is 1.58. The summed E-state index contributed by atoms with van der Waals surface area (Å²) in [4.78, 5) is 0. The molecule has 0 spiro atoms. The van der Waals surface area contributed by atoms with E-state index in [1.807, 2.05) is 0 Å².